The molecule has 0 radical (unpaired) electrons. The third-order valence-electron chi connectivity index (χ3n) is 2.10. The molecule has 0 unspecified atom stereocenters. The van der Waals surface area contributed by atoms with Crippen molar-refractivity contribution in [2.24, 2.45) is 0 Å². The highest BCUT2D eigenvalue weighted by Crippen LogP contribution is 2.16. The first-order valence-corrected chi connectivity index (χ1v) is 6.06. The largest absolute Gasteiger partial charge is 0.481 e. The normalized spacial score (nSPS) is 9.94. The molecular weight excluding hydrogens is 240 g/mol. The number of carboxylic acids is 1. The number of thioether (sulfide) groups is 1. The van der Waals surface area contributed by atoms with E-state index in [1.54, 1.807) is 19.4 Å². The van der Waals surface area contributed by atoms with Crippen LogP contribution in [0.3, 0.4) is 0 Å². The molecule has 1 rings (SSSR count). The second-order valence-electron chi connectivity index (χ2n) is 3.43. The monoisotopic (exact) mass is 254 g/mol. The van der Waals surface area contributed by atoms with Gasteiger partial charge >= 0.3 is 5.97 Å². The van der Waals surface area contributed by atoms with Crippen LogP contribution < -0.4 is 0 Å². The van der Waals surface area contributed by atoms with Gasteiger partial charge in [0, 0.05) is 30.9 Å². The molecule has 1 heterocycles. The van der Waals surface area contributed by atoms with Crippen LogP contribution in [0.2, 0.25) is 0 Å². The van der Waals surface area contributed by atoms with Gasteiger partial charge < -0.3 is 10.0 Å². The third kappa shape index (κ3) is 5.35. The minimum absolute atomic E-state index is 0.0256. The molecule has 0 spiro atoms. The van der Waals surface area contributed by atoms with Crippen molar-refractivity contribution >= 4 is 23.6 Å². The lowest BCUT2D eigenvalue weighted by atomic mass is 10.4. The second kappa shape index (κ2) is 6.90. The highest BCUT2D eigenvalue weighted by Gasteiger charge is 2.10. The molecule has 0 aromatic carbocycles. The van der Waals surface area contributed by atoms with Crippen LogP contribution >= 0.6 is 11.8 Å². The van der Waals surface area contributed by atoms with Crippen LogP contribution in [0.25, 0.3) is 0 Å². The number of nitrogens with zero attached hydrogens (tertiary/aromatic N) is 2. The van der Waals surface area contributed by atoms with Crippen LogP contribution in [0.15, 0.2) is 29.4 Å². The summed E-state index contributed by atoms with van der Waals surface area (Å²) in [6.45, 7) is 0.241. The quantitative estimate of drug-likeness (QED) is 0.770. The molecule has 1 aromatic rings. The maximum absolute atomic E-state index is 11.6. The molecule has 0 saturated carbocycles. The molecule has 0 atom stereocenters. The molecule has 6 heteroatoms. The summed E-state index contributed by atoms with van der Waals surface area (Å²) in [5.74, 6) is -0.667. The maximum atomic E-state index is 11.6. The number of rotatable bonds is 6. The number of carboxylic acid groups (broad SMARTS) is 1. The van der Waals surface area contributed by atoms with E-state index in [-0.39, 0.29) is 18.9 Å². The smallest absolute Gasteiger partial charge is 0.305 e. The summed E-state index contributed by atoms with van der Waals surface area (Å²) in [7, 11) is 1.61. The fourth-order valence-electron chi connectivity index (χ4n) is 1.08. The van der Waals surface area contributed by atoms with Crippen LogP contribution in [0.4, 0.5) is 0 Å². The predicted octanol–water partition coefficient (Wildman–Crippen LogP) is 1.11. The van der Waals surface area contributed by atoms with Crippen molar-refractivity contribution < 1.29 is 14.7 Å². The highest BCUT2D eigenvalue weighted by atomic mass is 32.2. The third-order valence-corrected chi connectivity index (χ3v) is 3.10. The summed E-state index contributed by atoms with van der Waals surface area (Å²) in [6, 6.07) is 3.66. The lowest BCUT2D eigenvalue weighted by Gasteiger charge is -2.15. The van der Waals surface area contributed by atoms with Crippen molar-refractivity contribution in [3.63, 3.8) is 0 Å². The summed E-state index contributed by atoms with van der Waals surface area (Å²) < 4.78 is 0. The Bertz CT molecular complexity index is 384. The predicted molar refractivity (Wildman–Crippen MR) is 64.9 cm³/mol. The van der Waals surface area contributed by atoms with Crippen molar-refractivity contribution in [1.82, 2.24) is 9.88 Å². The van der Waals surface area contributed by atoms with E-state index in [1.165, 1.54) is 16.7 Å². The summed E-state index contributed by atoms with van der Waals surface area (Å²) in [6.07, 6.45) is 3.31. The van der Waals surface area contributed by atoms with E-state index in [1.807, 2.05) is 12.1 Å². The minimum atomic E-state index is -0.897. The van der Waals surface area contributed by atoms with Gasteiger partial charge in [0.1, 0.15) is 0 Å². The van der Waals surface area contributed by atoms with Crippen molar-refractivity contribution in [3.8, 4) is 0 Å². The van der Waals surface area contributed by atoms with Crippen LogP contribution in [0.1, 0.15) is 6.42 Å². The number of carbonyl (C=O) groups is 2. The van der Waals surface area contributed by atoms with E-state index in [2.05, 4.69) is 4.98 Å². The van der Waals surface area contributed by atoms with Crippen LogP contribution in [0, 0.1) is 0 Å². The lowest BCUT2D eigenvalue weighted by Crippen LogP contribution is -2.30. The maximum Gasteiger partial charge on any atom is 0.305 e. The van der Waals surface area contributed by atoms with Crippen LogP contribution in [0.5, 0.6) is 0 Å². The van der Waals surface area contributed by atoms with Gasteiger partial charge in [0.25, 0.3) is 0 Å². The summed E-state index contributed by atoms with van der Waals surface area (Å²) in [4.78, 5) is 28.3. The second-order valence-corrected chi connectivity index (χ2v) is 4.48. The van der Waals surface area contributed by atoms with Gasteiger partial charge in [0.15, 0.2) is 0 Å². The van der Waals surface area contributed by atoms with Gasteiger partial charge in [-0.05, 0) is 12.1 Å². The Balaban J connectivity index is 2.32. The van der Waals surface area contributed by atoms with Crippen LogP contribution in [-0.2, 0) is 9.59 Å². The molecule has 0 saturated heterocycles. The van der Waals surface area contributed by atoms with Gasteiger partial charge in [-0.15, -0.1) is 11.8 Å². The van der Waals surface area contributed by atoms with Gasteiger partial charge in [-0.25, -0.2) is 0 Å². The van der Waals surface area contributed by atoms with Crippen molar-refractivity contribution in [2.75, 3.05) is 19.3 Å². The molecule has 1 amide bonds. The van der Waals surface area contributed by atoms with E-state index in [0.29, 0.717) is 5.75 Å². The van der Waals surface area contributed by atoms with Gasteiger partial charge in [-0.2, -0.15) is 0 Å². The van der Waals surface area contributed by atoms with E-state index >= 15 is 0 Å². The van der Waals surface area contributed by atoms with E-state index in [0.717, 1.165) is 4.90 Å². The first-order chi connectivity index (χ1) is 8.09. The fourth-order valence-corrected chi connectivity index (χ4v) is 1.90. The zero-order valence-corrected chi connectivity index (χ0v) is 10.3. The van der Waals surface area contributed by atoms with E-state index in [9.17, 15) is 9.59 Å². The lowest BCUT2D eigenvalue weighted by molar-refractivity contribution is -0.137. The molecule has 1 N–H and O–H groups in total. The first kappa shape index (κ1) is 13.5. The van der Waals surface area contributed by atoms with Gasteiger partial charge in [-0.3, -0.25) is 14.6 Å². The molecule has 0 aliphatic heterocycles. The Labute approximate surface area is 104 Å². The summed E-state index contributed by atoms with van der Waals surface area (Å²) >= 11 is 1.41. The summed E-state index contributed by atoms with van der Waals surface area (Å²) in [5.41, 5.74) is 0. The molecule has 92 valence electrons. The van der Waals surface area contributed by atoms with Crippen molar-refractivity contribution in [2.45, 2.75) is 11.3 Å². The van der Waals surface area contributed by atoms with Crippen molar-refractivity contribution in [1.29, 1.82) is 0 Å². The Morgan fingerprint density at radius 1 is 1.41 bits per heavy atom. The number of hydrogen-bond acceptors (Lipinski definition) is 4. The molecule has 0 aliphatic rings. The first-order valence-electron chi connectivity index (χ1n) is 5.08. The molecule has 0 aliphatic carbocycles. The SMILES string of the molecule is CN(CCC(=O)O)C(=O)CSc1ccncc1. The number of carbonyl (C=O) groups excluding carboxylic acids is 1. The number of aliphatic carboxylic acids is 1. The molecule has 0 bridgehead atoms. The average molecular weight is 254 g/mol. The van der Waals surface area contributed by atoms with E-state index in [4.69, 9.17) is 5.11 Å². The Morgan fingerprint density at radius 2 is 2.06 bits per heavy atom. The Kier molecular flexibility index (Phi) is 5.48. The number of aromatic nitrogens is 1. The number of amides is 1. The molecule has 0 fully saturated rings. The van der Waals surface area contributed by atoms with Crippen LogP contribution in [-0.4, -0.2) is 46.2 Å². The highest BCUT2D eigenvalue weighted by molar-refractivity contribution is 8.00. The zero-order chi connectivity index (χ0) is 12.7. The molecular formula is C11H14N2O3S. The molecule has 1 aromatic heterocycles. The van der Waals surface area contributed by atoms with Crippen molar-refractivity contribution in [3.05, 3.63) is 24.5 Å². The summed E-state index contributed by atoms with van der Waals surface area (Å²) in [5, 5.41) is 8.50. The standard InChI is InChI=1S/C11H14N2O3S/c1-13(7-4-11(15)16)10(14)8-17-9-2-5-12-6-3-9/h2-3,5-6H,4,7-8H2,1H3,(H,15,16). The Morgan fingerprint density at radius 3 is 2.65 bits per heavy atom. The number of hydrogen-bond donors (Lipinski definition) is 1. The molecule has 17 heavy (non-hydrogen) atoms. The Hall–Kier alpha value is -1.56. The fraction of sp³-hybridized carbons (Fsp3) is 0.364. The van der Waals surface area contributed by atoms with Gasteiger partial charge in [0.05, 0.1) is 12.2 Å². The minimum Gasteiger partial charge on any atom is -0.481 e. The van der Waals surface area contributed by atoms with E-state index < -0.39 is 5.97 Å². The zero-order valence-electron chi connectivity index (χ0n) is 9.50. The molecule has 5 nitrogen and oxygen atoms in total. The topological polar surface area (TPSA) is 70.5 Å². The average Bonchev–Trinajstić information content (AvgIpc) is 2.34. The van der Waals surface area contributed by atoms with Gasteiger partial charge in [0.2, 0.25) is 5.91 Å². The van der Waals surface area contributed by atoms with Gasteiger partial charge in [-0.1, -0.05) is 0 Å². The number of pyridine rings is 1.